The number of carbonyl (C=O) groups excluding carboxylic acids is 1. The highest BCUT2D eigenvalue weighted by atomic mass is 16.2. The molecule has 8 heteroatoms. The van der Waals surface area contributed by atoms with Gasteiger partial charge in [0, 0.05) is 17.5 Å². The van der Waals surface area contributed by atoms with Crippen LogP contribution in [0.4, 0.5) is 11.4 Å². The molecule has 0 atom stereocenters. The monoisotopic (exact) mass is 373 g/mol. The number of H-pyrrole nitrogens is 1. The number of amides is 1. The van der Waals surface area contributed by atoms with E-state index in [0.29, 0.717) is 22.8 Å². The van der Waals surface area contributed by atoms with Crippen molar-refractivity contribution in [3.05, 3.63) is 65.9 Å². The number of anilines is 2. The minimum Gasteiger partial charge on any atom is -0.361 e. The van der Waals surface area contributed by atoms with Crippen LogP contribution in [0.5, 0.6) is 0 Å². The van der Waals surface area contributed by atoms with Crippen LogP contribution in [0, 0.1) is 0 Å². The maximum atomic E-state index is 12.9. The topological polar surface area (TPSA) is 99.2 Å². The number of aromatic nitrogens is 4. The van der Waals surface area contributed by atoms with E-state index in [9.17, 15) is 4.79 Å². The summed E-state index contributed by atoms with van der Waals surface area (Å²) < 4.78 is 0. The lowest BCUT2D eigenvalue weighted by atomic mass is 10.1. The number of aryl methyl sites for hydroxylation is 1. The minimum absolute atomic E-state index is 0.188. The molecule has 140 valence electrons. The first-order chi connectivity index (χ1) is 13.7. The molecule has 3 aromatic rings. The summed E-state index contributed by atoms with van der Waals surface area (Å²) >= 11 is 0. The van der Waals surface area contributed by atoms with Crippen molar-refractivity contribution in [1.29, 1.82) is 0 Å². The van der Waals surface area contributed by atoms with Gasteiger partial charge in [0.2, 0.25) is 0 Å². The van der Waals surface area contributed by atoms with Gasteiger partial charge in [0.25, 0.3) is 5.91 Å². The van der Waals surface area contributed by atoms with Crippen molar-refractivity contribution in [2.75, 3.05) is 10.3 Å². The first-order valence-electron chi connectivity index (χ1n) is 8.96. The Balaban J connectivity index is 1.59. The van der Waals surface area contributed by atoms with Crippen LogP contribution >= 0.6 is 0 Å². The molecule has 28 heavy (non-hydrogen) atoms. The van der Waals surface area contributed by atoms with Gasteiger partial charge in [-0.25, -0.2) is 5.10 Å². The highest BCUT2D eigenvalue weighted by Gasteiger charge is 2.29. The number of tetrazole rings is 1. The van der Waals surface area contributed by atoms with Crippen LogP contribution in [0.1, 0.15) is 19.4 Å². The van der Waals surface area contributed by atoms with Crippen LogP contribution in [0.2, 0.25) is 0 Å². The number of nitrogens with one attached hydrogen (secondary N) is 2. The van der Waals surface area contributed by atoms with Crippen molar-refractivity contribution in [1.82, 2.24) is 20.6 Å². The van der Waals surface area contributed by atoms with E-state index in [-0.39, 0.29) is 5.91 Å². The molecule has 0 spiro atoms. The number of aromatic amines is 1. The summed E-state index contributed by atoms with van der Waals surface area (Å²) in [4.78, 5) is 12.9. The Morgan fingerprint density at radius 2 is 2.04 bits per heavy atom. The molecule has 0 bridgehead atoms. The van der Waals surface area contributed by atoms with Gasteiger partial charge in [-0.15, -0.1) is 5.10 Å². The third-order valence-corrected chi connectivity index (χ3v) is 4.54. The van der Waals surface area contributed by atoms with Gasteiger partial charge in [0.05, 0.1) is 17.0 Å². The minimum atomic E-state index is -0.188. The van der Waals surface area contributed by atoms with Gasteiger partial charge in [-0.05, 0) is 47.5 Å². The zero-order valence-corrected chi connectivity index (χ0v) is 15.5. The number of hydrogen-bond acceptors (Lipinski definition) is 6. The second-order valence-corrected chi connectivity index (χ2v) is 6.32. The van der Waals surface area contributed by atoms with E-state index < -0.39 is 0 Å². The van der Waals surface area contributed by atoms with Crippen molar-refractivity contribution >= 4 is 23.0 Å². The molecule has 4 rings (SSSR count). The van der Waals surface area contributed by atoms with E-state index in [0.717, 1.165) is 17.7 Å². The molecule has 1 amide bonds. The lowest BCUT2D eigenvalue weighted by Gasteiger charge is -2.12. The fraction of sp³-hybridized carbons (Fsp3) is 0.150. The summed E-state index contributed by atoms with van der Waals surface area (Å²) in [5.41, 5.74) is 4.77. The molecule has 1 aliphatic rings. The van der Waals surface area contributed by atoms with Crippen LogP contribution in [-0.4, -0.2) is 32.2 Å². The highest BCUT2D eigenvalue weighted by Crippen LogP contribution is 2.27. The van der Waals surface area contributed by atoms with Gasteiger partial charge >= 0.3 is 0 Å². The van der Waals surface area contributed by atoms with E-state index in [1.807, 2.05) is 49.4 Å². The number of nitrogens with zero attached hydrogens (tertiary/aromatic N) is 5. The molecule has 2 heterocycles. The summed E-state index contributed by atoms with van der Waals surface area (Å²) in [6.07, 6.45) is 2.63. The third-order valence-electron chi connectivity index (χ3n) is 4.54. The van der Waals surface area contributed by atoms with Crippen molar-refractivity contribution in [3.63, 3.8) is 0 Å². The van der Waals surface area contributed by atoms with Crippen molar-refractivity contribution in [2.24, 2.45) is 5.10 Å². The average Bonchev–Trinajstić information content (AvgIpc) is 3.36. The Kier molecular flexibility index (Phi) is 4.67. The Morgan fingerprint density at radius 1 is 1.18 bits per heavy atom. The first-order valence-corrected chi connectivity index (χ1v) is 8.96. The average molecular weight is 373 g/mol. The van der Waals surface area contributed by atoms with E-state index in [4.69, 9.17) is 0 Å². The van der Waals surface area contributed by atoms with E-state index >= 15 is 0 Å². The molecule has 0 aliphatic carbocycles. The third kappa shape index (κ3) is 3.27. The standard InChI is InChI=1S/C20H19N7O/c1-3-14-7-4-5-10-18(14)21-12-17-13(2)24-27(20(17)28)16-9-6-8-15(11-16)19-22-25-26-23-19/h4-12,21H,3H2,1-2H3,(H,22,23,25,26). The number of para-hydroxylation sites is 1. The van der Waals surface area contributed by atoms with Crippen LogP contribution in [-0.2, 0) is 11.2 Å². The summed E-state index contributed by atoms with van der Waals surface area (Å²) in [6, 6.07) is 15.4. The largest absolute Gasteiger partial charge is 0.361 e. The van der Waals surface area contributed by atoms with Gasteiger partial charge in [0.15, 0.2) is 5.82 Å². The second-order valence-electron chi connectivity index (χ2n) is 6.32. The van der Waals surface area contributed by atoms with Crippen LogP contribution in [0.15, 0.2) is 65.4 Å². The zero-order valence-electron chi connectivity index (χ0n) is 15.5. The molecule has 0 fully saturated rings. The maximum absolute atomic E-state index is 12.9. The van der Waals surface area contributed by atoms with Gasteiger partial charge in [-0.2, -0.15) is 10.1 Å². The Bertz CT molecular complexity index is 1070. The molecular formula is C20H19N7O. The molecule has 0 saturated carbocycles. The van der Waals surface area contributed by atoms with Crippen LogP contribution in [0.3, 0.4) is 0 Å². The predicted molar refractivity (Wildman–Crippen MR) is 108 cm³/mol. The van der Waals surface area contributed by atoms with Gasteiger partial charge in [0.1, 0.15) is 0 Å². The lowest BCUT2D eigenvalue weighted by molar-refractivity contribution is -0.114. The van der Waals surface area contributed by atoms with Crippen LogP contribution in [0.25, 0.3) is 11.4 Å². The number of hydrazone groups is 1. The summed E-state index contributed by atoms with van der Waals surface area (Å²) in [5, 5.41) is 22.9. The Labute approximate surface area is 162 Å². The van der Waals surface area contributed by atoms with Gasteiger partial charge < -0.3 is 5.32 Å². The lowest BCUT2D eigenvalue weighted by Crippen LogP contribution is -2.21. The molecule has 0 saturated heterocycles. The van der Waals surface area contributed by atoms with Gasteiger partial charge in [-0.3, -0.25) is 4.79 Å². The number of rotatable bonds is 5. The molecule has 2 aromatic carbocycles. The normalized spacial score (nSPS) is 15.2. The van der Waals surface area contributed by atoms with E-state index in [1.165, 1.54) is 10.6 Å². The molecule has 8 nitrogen and oxygen atoms in total. The maximum Gasteiger partial charge on any atom is 0.282 e. The van der Waals surface area contributed by atoms with E-state index in [2.05, 4.69) is 44.0 Å². The summed E-state index contributed by atoms with van der Waals surface area (Å²) in [7, 11) is 0. The van der Waals surface area contributed by atoms with Crippen molar-refractivity contribution < 1.29 is 4.79 Å². The first kappa shape index (κ1) is 17.6. The molecule has 1 aliphatic heterocycles. The summed E-state index contributed by atoms with van der Waals surface area (Å²) in [5.74, 6) is 0.342. The Morgan fingerprint density at radius 3 is 2.82 bits per heavy atom. The highest BCUT2D eigenvalue weighted by molar-refractivity contribution is 6.29. The number of benzene rings is 2. The SMILES string of the molecule is CCc1ccccc1NC=C1C(=O)N(c2cccc(-c3nnn[nH]3)c2)N=C1C. The fourth-order valence-corrected chi connectivity index (χ4v) is 3.05. The van der Waals surface area contributed by atoms with Gasteiger partial charge in [-0.1, -0.05) is 37.3 Å². The number of hydrogen-bond donors (Lipinski definition) is 2. The molecule has 2 N–H and O–H groups in total. The molecular weight excluding hydrogens is 354 g/mol. The second kappa shape index (κ2) is 7.43. The quantitative estimate of drug-likeness (QED) is 0.669. The predicted octanol–water partition coefficient (Wildman–Crippen LogP) is 3.15. The molecule has 1 aromatic heterocycles. The van der Waals surface area contributed by atoms with Crippen LogP contribution < -0.4 is 10.3 Å². The zero-order chi connectivity index (χ0) is 19.5. The summed E-state index contributed by atoms with van der Waals surface area (Å²) in [6.45, 7) is 3.92. The van der Waals surface area contributed by atoms with E-state index in [1.54, 1.807) is 6.20 Å². The Hall–Kier alpha value is -3.81. The number of carbonyl (C=O) groups is 1. The van der Waals surface area contributed by atoms with Crippen molar-refractivity contribution in [2.45, 2.75) is 20.3 Å². The molecule has 0 radical (unpaired) electrons. The smallest absolute Gasteiger partial charge is 0.282 e. The van der Waals surface area contributed by atoms with Crippen molar-refractivity contribution in [3.8, 4) is 11.4 Å². The fourth-order valence-electron chi connectivity index (χ4n) is 3.05. The molecule has 0 unspecified atom stereocenters.